The minimum atomic E-state index is -3.73. The summed E-state index contributed by atoms with van der Waals surface area (Å²) in [5, 5.41) is -0.651. The fourth-order valence-corrected chi connectivity index (χ4v) is 7.02. The molecule has 226 valence electrons. The van der Waals surface area contributed by atoms with Crippen molar-refractivity contribution in [3.63, 3.8) is 0 Å². The van der Waals surface area contributed by atoms with Gasteiger partial charge in [-0.3, -0.25) is 4.90 Å². The predicted octanol–water partition coefficient (Wildman–Crippen LogP) is 5.96. The summed E-state index contributed by atoms with van der Waals surface area (Å²) in [5.74, 6) is 0.903. The van der Waals surface area contributed by atoms with Crippen LogP contribution in [0.25, 0.3) is 33.5 Å². The fraction of sp³-hybridized carbons (Fsp3) is 0.484. The normalized spacial score (nSPS) is 16.0. The van der Waals surface area contributed by atoms with Gasteiger partial charge in [-0.25, -0.2) is 22.4 Å². The average molecular weight is 609 g/mol. The molecule has 1 aliphatic heterocycles. The van der Waals surface area contributed by atoms with Crippen LogP contribution in [-0.2, 0) is 28.0 Å². The monoisotopic (exact) mass is 608 g/mol. The molecule has 0 amide bonds. The van der Waals surface area contributed by atoms with Gasteiger partial charge in [-0.05, 0) is 58.8 Å². The third-order valence-corrected chi connectivity index (χ3v) is 13.0. The lowest BCUT2D eigenvalue weighted by Crippen LogP contribution is -2.38. The zero-order chi connectivity index (χ0) is 30.2. The Morgan fingerprint density at radius 3 is 2.29 bits per heavy atom. The van der Waals surface area contributed by atoms with Gasteiger partial charge in [0.15, 0.2) is 0 Å². The van der Waals surface area contributed by atoms with Gasteiger partial charge in [0.2, 0.25) is 16.0 Å². The molecule has 11 heteroatoms. The summed E-state index contributed by atoms with van der Waals surface area (Å²) >= 11 is 0. The van der Waals surface area contributed by atoms with E-state index < -0.39 is 23.3 Å². The standard InChI is InChI=1S/C31H44N6O3SSi/c1-22(2)41(38,39)37-27-19-25(15-16-26(27)33-31(37)32)29-30(24-13-9-7-10-14-24)36(21-40-23(3)42(4,5)6)28(34-29)20-35-17-11-8-12-18-35/h7,9-10,13-16,19,22-23H,8,11-12,17-18,20-21H2,1-6H3,(H2,32,33). The van der Waals surface area contributed by atoms with Gasteiger partial charge in [0.25, 0.3) is 0 Å². The van der Waals surface area contributed by atoms with E-state index in [1.165, 1.54) is 23.2 Å². The molecule has 2 aromatic carbocycles. The molecule has 4 aromatic rings. The number of aromatic nitrogens is 4. The van der Waals surface area contributed by atoms with Gasteiger partial charge >= 0.3 is 0 Å². The maximum Gasteiger partial charge on any atom is 0.244 e. The number of likely N-dealkylation sites (tertiary alicyclic amines) is 1. The molecule has 1 unspecified atom stereocenters. The number of nitrogen functional groups attached to an aromatic ring is 1. The molecule has 2 aromatic heterocycles. The Morgan fingerprint density at radius 2 is 1.64 bits per heavy atom. The topological polar surface area (TPSA) is 108 Å². The summed E-state index contributed by atoms with van der Waals surface area (Å²) in [6.07, 6.45) is 3.64. The Morgan fingerprint density at radius 1 is 0.952 bits per heavy atom. The first-order valence-electron chi connectivity index (χ1n) is 14.9. The van der Waals surface area contributed by atoms with E-state index >= 15 is 0 Å². The number of rotatable bonds is 10. The number of nitrogens with two attached hydrogens (primary N) is 1. The Balaban J connectivity index is 1.71. The van der Waals surface area contributed by atoms with Crippen LogP contribution in [0.1, 0.15) is 45.9 Å². The Bertz CT molecular complexity index is 1650. The zero-order valence-corrected chi connectivity index (χ0v) is 27.5. The number of nitrogens with zero attached hydrogens (tertiary/aromatic N) is 5. The van der Waals surface area contributed by atoms with Crippen LogP contribution in [-0.4, -0.2) is 64.0 Å². The smallest absolute Gasteiger partial charge is 0.244 e. The molecule has 0 radical (unpaired) electrons. The number of piperidine rings is 1. The molecule has 0 saturated carbocycles. The highest BCUT2D eigenvalue weighted by molar-refractivity contribution is 7.90. The largest absolute Gasteiger partial charge is 0.368 e. The summed E-state index contributed by atoms with van der Waals surface area (Å²) in [4.78, 5) is 12.1. The summed E-state index contributed by atoms with van der Waals surface area (Å²) in [6, 6.07) is 15.9. The molecule has 1 atom stereocenters. The first-order chi connectivity index (χ1) is 19.9. The van der Waals surface area contributed by atoms with Gasteiger partial charge in [0.1, 0.15) is 12.6 Å². The Kier molecular flexibility index (Phi) is 8.67. The van der Waals surface area contributed by atoms with Crippen molar-refractivity contribution in [3.05, 3.63) is 54.4 Å². The lowest BCUT2D eigenvalue weighted by molar-refractivity contribution is 0.0539. The molecule has 0 bridgehead atoms. The summed E-state index contributed by atoms with van der Waals surface area (Å²) in [7, 11) is -5.26. The fourth-order valence-electron chi connectivity index (χ4n) is 5.30. The average Bonchev–Trinajstić information content (AvgIpc) is 3.48. The highest BCUT2D eigenvalue weighted by Gasteiger charge is 2.28. The minimum Gasteiger partial charge on any atom is -0.368 e. The van der Waals surface area contributed by atoms with Gasteiger partial charge in [-0.2, -0.15) is 0 Å². The van der Waals surface area contributed by atoms with Gasteiger partial charge in [-0.15, -0.1) is 0 Å². The van der Waals surface area contributed by atoms with Crippen LogP contribution in [0.3, 0.4) is 0 Å². The van der Waals surface area contributed by atoms with Crippen LogP contribution in [0.15, 0.2) is 48.5 Å². The third kappa shape index (κ3) is 6.06. The molecule has 9 nitrogen and oxygen atoms in total. The van der Waals surface area contributed by atoms with Crippen molar-refractivity contribution in [1.82, 2.24) is 23.4 Å². The molecular weight excluding hydrogens is 565 g/mol. The van der Waals surface area contributed by atoms with Crippen molar-refractivity contribution in [2.45, 2.75) is 83.9 Å². The van der Waals surface area contributed by atoms with Gasteiger partial charge in [0.05, 0.1) is 42.3 Å². The molecular formula is C31H44N6O3SSi. The van der Waals surface area contributed by atoms with Crippen LogP contribution >= 0.6 is 0 Å². The van der Waals surface area contributed by atoms with Crippen LogP contribution in [0.4, 0.5) is 5.95 Å². The lowest BCUT2D eigenvalue weighted by atomic mass is 10.0. The molecule has 1 aliphatic rings. The van der Waals surface area contributed by atoms with E-state index in [0.29, 0.717) is 17.8 Å². The van der Waals surface area contributed by atoms with Gasteiger partial charge in [0, 0.05) is 16.9 Å². The van der Waals surface area contributed by atoms with E-state index in [9.17, 15) is 8.42 Å². The van der Waals surface area contributed by atoms with Crippen LogP contribution in [0.2, 0.25) is 19.6 Å². The number of hydrogen-bond acceptors (Lipinski definition) is 7. The number of anilines is 1. The van der Waals surface area contributed by atoms with Crippen molar-refractivity contribution in [1.29, 1.82) is 0 Å². The second-order valence-electron chi connectivity index (χ2n) is 12.7. The maximum atomic E-state index is 13.3. The molecule has 1 fully saturated rings. The van der Waals surface area contributed by atoms with Crippen LogP contribution in [0.5, 0.6) is 0 Å². The number of benzene rings is 2. The van der Waals surface area contributed by atoms with E-state index in [-0.39, 0.29) is 11.7 Å². The molecule has 0 aliphatic carbocycles. The van der Waals surface area contributed by atoms with E-state index in [1.54, 1.807) is 13.8 Å². The second-order valence-corrected chi connectivity index (χ2v) is 20.6. The molecule has 3 heterocycles. The van der Waals surface area contributed by atoms with E-state index in [1.807, 2.05) is 36.4 Å². The van der Waals surface area contributed by atoms with E-state index in [0.717, 1.165) is 48.0 Å². The van der Waals surface area contributed by atoms with Crippen LogP contribution in [0, 0.1) is 0 Å². The van der Waals surface area contributed by atoms with Crippen molar-refractivity contribution in [3.8, 4) is 22.5 Å². The number of fused-ring (bicyclic) bond motifs is 1. The third-order valence-electron chi connectivity index (χ3n) is 8.34. The van der Waals surface area contributed by atoms with E-state index in [4.69, 9.17) is 15.5 Å². The quantitative estimate of drug-likeness (QED) is 0.221. The van der Waals surface area contributed by atoms with Crippen molar-refractivity contribution in [2.24, 2.45) is 0 Å². The molecule has 5 rings (SSSR count). The summed E-state index contributed by atoms with van der Waals surface area (Å²) in [5.41, 5.74) is 10.9. The highest BCUT2D eigenvalue weighted by Crippen LogP contribution is 2.36. The second kappa shape index (κ2) is 11.9. The summed E-state index contributed by atoms with van der Waals surface area (Å²) < 4.78 is 36.5. The zero-order valence-electron chi connectivity index (χ0n) is 25.7. The Labute approximate surface area is 250 Å². The molecule has 2 N–H and O–H groups in total. The first kappa shape index (κ1) is 30.5. The van der Waals surface area contributed by atoms with Crippen molar-refractivity contribution < 1.29 is 13.2 Å². The number of hydrogen-bond donors (Lipinski definition) is 1. The van der Waals surface area contributed by atoms with Crippen LogP contribution < -0.4 is 5.73 Å². The number of imidazole rings is 2. The molecule has 42 heavy (non-hydrogen) atoms. The Hall–Kier alpha value is -2.99. The van der Waals surface area contributed by atoms with Crippen molar-refractivity contribution in [2.75, 3.05) is 18.8 Å². The van der Waals surface area contributed by atoms with Gasteiger partial charge < -0.3 is 15.0 Å². The van der Waals surface area contributed by atoms with E-state index in [2.05, 4.69) is 53.1 Å². The summed E-state index contributed by atoms with van der Waals surface area (Å²) in [6.45, 7) is 15.6. The SMILES string of the molecule is CC(OCn1c(CN2CCCCC2)nc(-c2ccc3nc(N)n(S(=O)(=O)C(C)C)c3c2)c1-c1ccccc1)[Si](C)(C)C. The highest BCUT2D eigenvalue weighted by atomic mass is 32.2. The first-order valence-corrected chi connectivity index (χ1v) is 20.0. The minimum absolute atomic E-state index is 0.0378. The van der Waals surface area contributed by atoms with Gasteiger partial charge in [-0.1, -0.05) is 62.5 Å². The molecule has 0 spiro atoms. The maximum absolute atomic E-state index is 13.3. The van der Waals surface area contributed by atoms with Crippen molar-refractivity contribution >= 4 is 35.1 Å². The number of ether oxygens (including phenoxy) is 1. The lowest BCUT2D eigenvalue weighted by Gasteiger charge is -2.28. The molecule has 1 saturated heterocycles. The predicted molar refractivity (Wildman–Crippen MR) is 173 cm³/mol.